The first-order valence-corrected chi connectivity index (χ1v) is 3.85. The van der Waals surface area contributed by atoms with Gasteiger partial charge in [-0.1, -0.05) is 6.58 Å². The molecule has 0 aromatic rings. The van der Waals surface area contributed by atoms with Crippen molar-refractivity contribution in [2.75, 3.05) is 40.0 Å². The molecule has 1 rings (SSSR count). The molecule has 0 saturated carbocycles. The van der Waals surface area contributed by atoms with E-state index in [1.54, 1.807) is 7.11 Å². The molecule has 1 aliphatic heterocycles. The molecular weight excluding hydrogens is 142 g/mol. The van der Waals surface area contributed by atoms with Gasteiger partial charge in [-0.05, 0) is 0 Å². The van der Waals surface area contributed by atoms with Gasteiger partial charge in [0.2, 0.25) is 0 Å². The number of hydrogen-bond acceptors (Lipinski definition) is 3. The van der Waals surface area contributed by atoms with E-state index in [2.05, 4.69) is 11.5 Å². The van der Waals surface area contributed by atoms with Gasteiger partial charge in [0.25, 0.3) is 0 Å². The molecule has 0 N–H and O–H groups in total. The first kappa shape index (κ1) is 8.56. The minimum atomic E-state index is 0.826. The van der Waals surface area contributed by atoms with Crippen LogP contribution in [0, 0.1) is 0 Å². The third-order valence-corrected chi connectivity index (χ3v) is 1.79. The molecule has 1 heterocycles. The Labute approximate surface area is 67.6 Å². The summed E-state index contributed by atoms with van der Waals surface area (Å²) in [5.74, 6) is 0.826. The summed E-state index contributed by atoms with van der Waals surface area (Å²) in [6, 6.07) is 0. The van der Waals surface area contributed by atoms with Crippen molar-refractivity contribution in [2.45, 2.75) is 0 Å². The van der Waals surface area contributed by atoms with E-state index >= 15 is 0 Å². The Morgan fingerprint density at radius 3 is 2.73 bits per heavy atom. The number of rotatable bonds is 3. The zero-order chi connectivity index (χ0) is 8.10. The summed E-state index contributed by atoms with van der Waals surface area (Å²) in [7, 11) is 1.66. The fourth-order valence-corrected chi connectivity index (χ4v) is 1.07. The molecule has 3 heteroatoms. The monoisotopic (exact) mass is 157 g/mol. The topological polar surface area (TPSA) is 21.7 Å². The van der Waals surface area contributed by atoms with Crippen molar-refractivity contribution in [3.8, 4) is 0 Å². The molecule has 1 aliphatic rings. The molecule has 0 unspecified atom stereocenters. The van der Waals surface area contributed by atoms with Crippen LogP contribution in [0.15, 0.2) is 12.3 Å². The average Bonchev–Trinajstić information content (AvgIpc) is 2.06. The second kappa shape index (κ2) is 4.36. The third-order valence-electron chi connectivity index (χ3n) is 1.79. The first-order valence-electron chi connectivity index (χ1n) is 3.85. The van der Waals surface area contributed by atoms with Gasteiger partial charge in [-0.2, -0.15) is 0 Å². The fourth-order valence-electron chi connectivity index (χ4n) is 1.07. The molecule has 0 amide bonds. The molecule has 0 aromatic carbocycles. The Balaban J connectivity index is 2.19. The summed E-state index contributed by atoms with van der Waals surface area (Å²) in [4.78, 5) is 2.27. The van der Waals surface area contributed by atoms with Gasteiger partial charge < -0.3 is 9.47 Å². The average molecular weight is 157 g/mol. The second-order valence-corrected chi connectivity index (χ2v) is 2.63. The molecular formula is C8H15NO2. The highest BCUT2D eigenvalue weighted by Crippen LogP contribution is 2.00. The smallest absolute Gasteiger partial charge is 0.102 e. The molecule has 0 bridgehead atoms. The molecule has 0 radical (unpaired) electrons. The van der Waals surface area contributed by atoms with Crippen molar-refractivity contribution in [3.05, 3.63) is 12.3 Å². The summed E-state index contributed by atoms with van der Waals surface area (Å²) in [5, 5.41) is 0. The number of hydrogen-bond donors (Lipinski definition) is 0. The van der Waals surface area contributed by atoms with Crippen LogP contribution in [0.25, 0.3) is 0 Å². The van der Waals surface area contributed by atoms with Gasteiger partial charge in [-0.25, -0.2) is 0 Å². The van der Waals surface area contributed by atoms with Crippen LogP contribution in [0.3, 0.4) is 0 Å². The standard InChI is InChI=1S/C8H15NO2/c1-8(10-2)7-9-3-5-11-6-4-9/h1,3-7H2,2H3. The highest BCUT2D eigenvalue weighted by molar-refractivity contribution is 4.86. The van der Waals surface area contributed by atoms with Crippen LogP contribution in [-0.2, 0) is 9.47 Å². The summed E-state index contributed by atoms with van der Waals surface area (Å²) in [5.41, 5.74) is 0. The van der Waals surface area contributed by atoms with E-state index in [9.17, 15) is 0 Å². The molecule has 1 saturated heterocycles. The largest absolute Gasteiger partial charge is 0.500 e. The number of methoxy groups -OCH3 is 1. The van der Waals surface area contributed by atoms with Crippen molar-refractivity contribution < 1.29 is 9.47 Å². The highest BCUT2D eigenvalue weighted by Gasteiger charge is 2.10. The quantitative estimate of drug-likeness (QED) is 0.556. The zero-order valence-corrected chi connectivity index (χ0v) is 7.01. The van der Waals surface area contributed by atoms with Crippen molar-refractivity contribution >= 4 is 0 Å². The lowest BCUT2D eigenvalue weighted by atomic mass is 10.4. The Hall–Kier alpha value is -0.540. The molecule has 1 fully saturated rings. The third kappa shape index (κ3) is 2.91. The van der Waals surface area contributed by atoms with Crippen LogP contribution in [0.2, 0.25) is 0 Å². The number of ether oxygens (including phenoxy) is 2. The summed E-state index contributed by atoms with van der Waals surface area (Å²) >= 11 is 0. The molecule has 0 aliphatic carbocycles. The van der Waals surface area contributed by atoms with Gasteiger partial charge in [-0.15, -0.1) is 0 Å². The summed E-state index contributed by atoms with van der Waals surface area (Å²) in [6.07, 6.45) is 0. The molecule has 11 heavy (non-hydrogen) atoms. The van der Waals surface area contributed by atoms with Crippen LogP contribution in [0.1, 0.15) is 0 Å². The van der Waals surface area contributed by atoms with E-state index < -0.39 is 0 Å². The van der Waals surface area contributed by atoms with Crippen LogP contribution in [-0.4, -0.2) is 44.9 Å². The van der Waals surface area contributed by atoms with E-state index in [0.29, 0.717) is 0 Å². The van der Waals surface area contributed by atoms with E-state index in [0.717, 1.165) is 38.6 Å². The van der Waals surface area contributed by atoms with E-state index in [-0.39, 0.29) is 0 Å². The lowest BCUT2D eigenvalue weighted by molar-refractivity contribution is 0.0363. The molecule has 0 aromatic heterocycles. The fraction of sp³-hybridized carbons (Fsp3) is 0.750. The van der Waals surface area contributed by atoms with Crippen LogP contribution < -0.4 is 0 Å². The van der Waals surface area contributed by atoms with Gasteiger partial charge in [0.1, 0.15) is 5.76 Å². The Kier molecular flexibility index (Phi) is 3.39. The van der Waals surface area contributed by atoms with Crippen LogP contribution >= 0.6 is 0 Å². The normalized spacial score (nSPS) is 19.7. The maximum Gasteiger partial charge on any atom is 0.102 e. The zero-order valence-electron chi connectivity index (χ0n) is 7.01. The Bertz CT molecular complexity index is 130. The van der Waals surface area contributed by atoms with Gasteiger partial charge in [-0.3, -0.25) is 4.90 Å². The molecule has 64 valence electrons. The van der Waals surface area contributed by atoms with Crippen LogP contribution in [0.4, 0.5) is 0 Å². The molecule has 3 nitrogen and oxygen atoms in total. The summed E-state index contributed by atoms with van der Waals surface area (Å²) < 4.78 is 10.2. The Morgan fingerprint density at radius 1 is 1.55 bits per heavy atom. The number of morpholine rings is 1. The molecule has 0 atom stereocenters. The minimum Gasteiger partial charge on any atom is -0.500 e. The van der Waals surface area contributed by atoms with E-state index in [1.165, 1.54) is 0 Å². The predicted molar refractivity (Wildman–Crippen MR) is 43.4 cm³/mol. The maximum atomic E-state index is 5.20. The van der Waals surface area contributed by atoms with Gasteiger partial charge in [0.05, 0.1) is 26.9 Å². The SMILES string of the molecule is C=C(CN1CCOCC1)OC. The lowest BCUT2D eigenvalue weighted by Crippen LogP contribution is -2.37. The predicted octanol–water partition coefficient (Wildman–Crippen LogP) is 0.479. The van der Waals surface area contributed by atoms with E-state index in [1.807, 2.05) is 0 Å². The summed E-state index contributed by atoms with van der Waals surface area (Å²) in [6.45, 7) is 8.23. The van der Waals surface area contributed by atoms with Gasteiger partial charge >= 0.3 is 0 Å². The van der Waals surface area contributed by atoms with Gasteiger partial charge in [0.15, 0.2) is 0 Å². The van der Waals surface area contributed by atoms with Crippen molar-refractivity contribution in [3.63, 3.8) is 0 Å². The first-order chi connectivity index (χ1) is 5.33. The Morgan fingerprint density at radius 2 is 2.18 bits per heavy atom. The number of nitrogens with zero attached hydrogens (tertiary/aromatic N) is 1. The second-order valence-electron chi connectivity index (χ2n) is 2.63. The van der Waals surface area contributed by atoms with Crippen molar-refractivity contribution in [2.24, 2.45) is 0 Å². The van der Waals surface area contributed by atoms with Crippen molar-refractivity contribution in [1.29, 1.82) is 0 Å². The lowest BCUT2D eigenvalue weighted by Gasteiger charge is -2.26. The molecule has 0 spiro atoms. The highest BCUT2D eigenvalue weighted by atomic mass is 16.5. The van der Waals surface area contributed by atoms with Gasteiger partial charge in [0, 0.05) is 13.1 Å². The van der Waals surface area contributed by atoms with E-state index in [4.69, 9.17) is 9.47 Å². The van der Waals surface area contributed by atoms with Crippen molar-refractivity contribution in [1.82, 2.24) is 4.90 Å². The maximum absolute atomic E-state index is 5.20. The van der Waals surface area contributed by atoms with Crippen LogP contribution in [0.5, 0.6) is 0 Å². The minimum absolute atomic E-state index is 0.826.